The average molecular weight is 225 g/mol. The first-order valence-corrected chi connectivity index (χ1v) is 4.59. The van der Waals surface area contributed by atoms with E-state index < -0.39 is 23.4 Å². The summed E-state index contributed by atoms with van der Waals surface area (Å²) in [6, 6.07) is 5.27. The van der Waals surface area contributed by atoms with Crippen LogP contribution in [0.1, 0.15) is 18.1 Å². The van der Waals surface area contributed by atoms with Gasteiger partial charge < -0.3 is 10.2 Å². The van der Waals surface area contributed by atoms with E-state index in [2.05, 4.69) is 0 Å². The standard InChI is InChI=1S/C10H11NO5/c12-6-9(13)5-10(14)7-1-3-8(4-2-7)11(15)16/h1-4,10,12,14H,5-6H2/t10-/m0/s1. The molecule has 0 saturated heterocycles. The Hall–Kier alpha value is -1.79. The second kappa shape index (κ2) is 5.34. The first kappa shape index (κ1) is 12.3. The maximum Gasteiger partial charge on any atom is 0.269 e. The number of aliphatic hydroxyl groups excluding tert-OH is 2. The predicted octanol–water partition coefficient (Wildman–Crippen LogP) is 0.580. The van der Waals surface area contributed by atoms with Crippen LogP contribution >= 0.6 is 0 Å². The van der Waals surface area contributed by atoms with Crippen LogP contribution in [0, 0.1) is 10.1 Å². The molecule has 0 saturated carbocycles. The topological polar surface area (TPSA) is 101 Å². The first-order chi connectivity index (χ1) is 7.54. The summed E-state index contributed by atoms with van der Waals surface area (Å²) in [6.07, 6.45) is -1.24. The van der Waals surface area contributed by atoms with Gasteiger partial charge in [0.1, 0.15) is 6.61 Å². The van der Waals surface area contributed by atoms with Gasteiger partial charge >= 0.3 is 0 Å². The summed E-state index contributed by atoms with van der Waals surface area (Å²) in [5.74, 6) is -0.481. The molecule has 0 spiro atoms. The number of rotatable bonds is 5. The zero-order chi connectivity index (χ0) is 12.1. The summed E-state index contributed by atoms with van der Waals surface area (Å²) >= 11 is 0. The van der Waals surface area contributed by atoms with Crippen LogP contribution in [-0.2, 0) is 4.79 Å². The number of hydrogen-bond donors (Lipinski definition) is 2. The number of non-ortho nitro benzene ring substituents is 1. The molecule has 6 nitrogen and oxygen atoms in total. The average Bonchev–Trinajstić information content (AvgIpc) is 2.28. The highest BCUT2D eigenvalue weighted by atomic mass is 16.6. The van der Waals surface area contributed by atoms with E-state index in [4.69, 9.17) is 5.11 Å². The second-order valence-electron chi connectivity index (χ2n) is 3.27. The molecule has 1 aromatic carbocycles. The molecule has 0 aliphatic carbocycles. The highest BCUT2D eigenvalue weighted by Crippen LogP contribution is 2.20. The summed E-state index contributed by atoms with van der Waals surface area (Å²) in [6.45, 7) is -0.621. The van der Waals surface area contributed by atoms with Crippen LogP contribution in [0.5, 0.6) is 0 Å². The zero-order valence-electron chi connectivity index (χ0n) is 8.37. The predicted molar refractivity (Wildman–Crippen MR) is 54.8 cm³/mol. The molecule has 0 fully saturated rings. The largest absolute Gasteiger partial charge is 0.389 e. The summed E-state index contributed by atoms with van der Waals surface area (Å²) in [7, 11) is 0. The number of ketones is 1. The number of nitro benzene ring substituents is 1. The van der Waals surface area contributed by atoms with Crippen molar-refractivity contribution in [3.63, 3.8) is 0 Å². The van der Waals surface area contributed by atoms with E-state index >= 15 is 0 Å². The summed E-state index contributed by atoms with van der Waals surface area (Å²) in [5.41, 5.74) is 0.330. The van der Waals surface area contributed by atoms with Crippen molar-refractivity contribution in [2.24, 2.45) is 0 Å². The van der Waals surface area contributed by atoms with Crippen molar-refractivity contribution in [1.29, 1.82) is 0 Å². The van der Waals surface area contributed by atoms with Crippen molar-refractivity contribution in [1.82, 2.24) is 0 Å². The number of aliphatic hydroxyl groups is 2. The lowest BCUT2D eigenvalue weighted by molar-refractivity contribution is -0.384. The summed E-state index contributed by atoms with van der Waals surface area (Å²) in [5, 5.41) is 28.4. The van der Waals surface area contributed by atoms with Crippen molar-refractivity contribution < 1.29 is 19.9 Å². The number of carbonyl (C=O) groups excluding carboxylic acids is 1. The fraction of sp³-hybridized carbons (Fsp3) is 0.300. The third kappa shape index (κ3) is 3.11. The lowest BCUT2D eigenvalue weighted by atomic mass is 10.0. The Labute approximate surface area is 91.3 Å². The van der Waals surface area contributed by atoms with Gasteiger partial charge in [0.15, 0.2) is 5.78 Å². The van der Waals surface area contributed by atoms with Crippen molar-refractivity contribution >= 4 is 11.5 Å². The number of benzene rings is 1. The Morgan fingerprint density at radius 3 is 2.38 bits per heavy atom. The van der Waals surface area contributed by atoms with E-state index in [1.807, 2.05) is 0 Å². The zero-order valence-corrected chi connectivity index (χ0v) is 8.37. The molecule has 2 N–H and O–H groups in total. The third-order valence-corrected chi connectivity index (χ3v) is 2.09. The van der Waals surface area contributed by atoms with Crippen LogP contribution in [0.15, 0.2) is 24.3 Å². The van der Waals surface area contributed by atoms with E-state index in [0.29, 0.717) is 5.56 Å². The molecular formula is C10H11NO5. The van der Waals surface area contributed by atoms with Gasteiger partial charge in [-0.1, -0.05) is 0 Å². The van der Waals surface area contributed by atoms with Gasteiger partial charge in [0, 0.05) is 18.6 Å². The van der Waals surface area contributed by atoms with E-state index in [9.17, 15) is 20.0 Å². The monoisotopic (exact) mass is 225 g/mol. The highest BCUT2D eigenvalue weighted by molar-refractivity contribution is 5.80. The Morgan fingerprint density at radius 2 is 1.94 bits per heavy atom. The van der Waals surface area contributed by atoms with Gasteiger partial charge in [-0.3, -0.25) is 14.9 Å². The van der Waals surface area contributed by atoms with E-state index in [0.717, 1.165) is 0 Å². The van der Waals surface area contributed by atoms with Crippen LogP contribution in [0.2, 0.25) is 0 Å². The number of hydrogen-bond acceptors (Lipinski definition) is 5. The Bertz CT molecular complexity index is 387. The molecule has 0 bridgehead atoms. The van der Waals surface area contributed by atoms with Gasteiger partial charge in [0.05, 0.1) is 11.0 Å². The molecule has 0 amide bonds. The third-order valence-electron chi connectivity index (χ3n) is 2.09. The van der Waals surface area contributed by atoms with Crippen LogP contribution in [0.25, 0.3) is 0 Å². The van der Waals surface area contributed by atoms with E-state index in [1.165, 1.54) is 24.3 Å². The molecule has 6 heteroatoms. The lowest BCUT2D eigenvalue weighted by Gasteiger charge is -2.08. The Morgan fingerprint density at radius 1 is 1.38 bits per heavy atom. The maximum absolute atomic E-state index is 10.9. The van der Waals surface area contributed by atoms with Gasteiger partial charge in [-0.25, -0.2) is 0 Å². The molecule has 0 radical (unpaired) electrons. The van der Waals surface area contributed by atoms with Gasteiger partial charge in [-0.15, -0.1) is 0 Å². The minimum Gasteiger partial charge on any atom is -0.389 e. The quantitative estimate of drug-likeness (QED) is 0.563. The molecule has 1 rings (SSSR count). The number of Topliss-reactive ketones (excluding diaryl/α,β-unsaturated/α-hetero) is 1. The number of nitrogens with zero attached hydrogens (tertiary/aromatic N) is 1. The van der Waals surface area contributed by atoms with Crippen LogP contribution in [0.3, 0.4) is 0 Å². The second-order valence-corrected chi connectivity index (χ2v) is 3.27. The van der Waals surface area contributed by atoms with Crippen molar-refractivity contribution in [2.75, 3.05) is 6.61 Å². The van der Waals surface area contributed by atoms with Crippen LogP contribution in [0.4, 0.5) is 5.69 Å². The van der Waals surface area contributed by atoms with Gasteiger partial charge in [-0.2, -0.15) is 0 Å². The molecule has 16 heavy (non-hydrogen) atoms. The van der Waals surface area contributed by atoms with E-state index in [-0.39, 0.29) is 12.1 Å². The van der Waals surface area contributed by atoms with Crippen molar-refractivity contribution in [2.45, 2.75) is 12.5 Å². The normalized spacial score (nSPS) is 12.1. The van der Waals surface area contributed by atoms with Crippen molar-refractivity contribution in [3.05, 3.63) is 39.9 Å². The Balaban J connectivity index is 2.73. The SMILES string of the molecule is O=C(CO)C[C@H](O)c1ccc([N+](=O)[O-])cc1. The van der Waals surface area contributed by atoms with Gasteiger partial charge in [0.2, 0.25) is 0 Å². The summed E-state index contributed by atoms with van der Waals surface area (Å²) in [4.78, 5) is 20.7. The molecule has 1 atom stereocenters. The smallest absolute Gasteiger partial charge is 0.269 e. The molecular weight excluding hydrogens is 214 g/mol. The molecule has 1 aromatic rings. The molecule has 0 aliphatic heterocycles. The van der Waals surface area contributed by atoms with Crippen LogP contribution in [-0.4, -0.2) is 27.5 Å². The highest BCUT2D eigenvalue weighted by Gasteiger charge is 2.13. The summed E-state index contributed by atoms with van der Waals surface area (Å²) < 4.78 is 0. The fourth-order valence-electron chi connectivity index (χ4n) is 1.22. The van der Waals surface area contributed by atoms with Crippen LogP contribution < -0.4 is 0 Å². The number of carbonyl (C=O) groups is 1. The first-order valence-electron chi connectivity index (χ1n) is 4.59. The fourth-order valence-corrected chi connectivity index (χ4v) is 1.22. The minimum atomic E-state index is -1.04. The number of nitro groups is 1. The molecule has 0 heterocycles. The van der Waals surface area contributed by atoms with Gasteiger partial charge in [0.25, 0.3) is 5.69 Å². The molecule has 0 unspecified atom stereocenters. The van der Waals surface area contributed by atoms with Crippen molar-refractivity contribution in [3.8, 4) is 0 Å². The maximum atomic E-state index is 10.9. The molecule has 0 aromatic heterocycles. The molecule has 0 aliphatic rings. The van der Waals surface area contributed by atoms with E-state index in [1.54, 1.807) is 0 Å². The molecule has 86 valence electrons. The Kier molecular flexibility index (Phi) is 4.10. The van der Waals surface area contributed by atoms with Gasteiger partial charge in [-0.05, 0) is 17.7 Å². The minimum absolute atomic E-state index is 0.0792. The lowest BCUT2D eigenvalue weighted by Crippen LogP contribution is -2.09.